The fraction of sp³-hybridized carbons (Fsp3) is 0.235. The van der Waals surface area contributed by atoms with Gasteiger partial charge in [0.2, 0.25) is 0 Å². The normalized spacial score (nSPS) is 15.1. The Kier molecular flexibility index (Phi) is 3.64. The Morgan fingerprint density at radius 1 is 1.19 bits per heavy atom. The minimum atomic E-state index is -1.39. The van der Waals surface area contributed by atoms with Crippen LogP contribution in [0.25, 0.3) is 11.1 Å². The molecule has 0 saturated heterocycles. The summed E-state index contributed by atoms with van der Waals surface area (Å²) in [6.45, 7) is 1.82. The van der Waals surface area contributed by atoms with E-state index in [1.165, 1.54) is 22.3 Å². The molecule has 1 N–H and O–H groups in total. The Morgan fingerprint density at radius 3 is 2.67 bits per heavy atom. The second-order valence-electron chi connectivity index (χ2n) is 5.31. The highest BCUT2D eigenvalue weighted by atomic mass is 32.2. The molecule has 108 valence electrons. The first-order valence-corrected chi connectivity index (χ1v) is 8.24. The summed E-state index contributed by atoms with van der Waals surface area (Å²) in [5.74, 6) is -1.33. The van der Waals surface area contributed by atoms with E-state index in [2.05, 4.69) is 24.3 Å². The summed E-state index contributed by atoms with van der Waals surface area (Å²) in [4.78, 5) is 10.7. The Labute approximate surface area is 126 Å². The number of carboxylic acid groups (broad SMARTS) is 1. The summed E-state index contributed by atoms with van der Waals surface area (Å²) in [6, 6.07) is 14.4. The van der Waals surface area contributed by atoms with Crippen LogP contribution in [0.1, 0.15) is 28.9 Å². The van der Waals surface area contributed by atoms with Crippen molar-refractivity contribution in [3.05, 3.63) is 59.2 Å². The van der Waals surface area contributed by atoms with Gasteiger partial charge in [0.25, 0.3) is 0 Å². The zero-order valence-electron chi connectivity index (χ0n) is 11.7. The number of fused-ring (bicyclic) bond motifs is 3. The van der Waals surface area contributed by atoms with Crippen LogP contribution in [-0.2, 0) is 22.0 Å². The van der Waals surface area contributed by atoms with Crippen LogP contribution in [-0.4, -0.2) is 21.0 Å². The summed E-state index contributed by atoms with van der Waals surface area (Å²) >= 11 is 0. The van der Waals surface area contributed by atoms with Gasteiger partial charge in [-0.2, -0.15) is 0 Å². The van der Waals surface area contributed by atoms with Crippen LogP contribution in [0, 0.1) is 0 Å². The van der Waals surface area contributed by atoms with E-state index in [0.29, 0.717) is 0 Å². The number of carbonyl (C=O) groups is 1. The van der Waals surface area contributed by atoms with Gasteiger partial charge in [0.15, 0.2) is 0 Å². The number of hydrogen-bond donors (Lipinski definition) is 1. The van der Waals surface area contributed by atoms with E-state index in [-0.39, 0.29) is 11.0 Å². The quantitative estimate of drug-likeness (QED) is 0.805. The summed E-state index contributed by atoms with van der Waals surface area (Å²) in [5.41, 5.74) is 5.97. The molecule has 0 radical (unpaired) electrons. The Bertz CT molecular complexity index is 737. The van der Waals surface area contributed by atoms with Crippen molar-refractivity contribution in [2.24, 2.45) is 0 Å². The fourth-order valence-corrected chi connectivity index (χ4v) is 3.76. The van der Waals surface area contributed by atoms with Crippen molar-refractivity contribution in [3.63, 3.8) is 0 Å². The van der Waals surface area contributed by atoms with Gasteiger partial charge in [-0.05, 0) is 41.2 Å². The zero-order chi connectivity index (χ0) is 15.0. The summed E-state index contributed by atoms with van der Waals surface area (Å²) in [7, 11) is -1.39. The minimum absolute atomic E-state index is 0.268. The first kappa shape index (κ1) is 14.0. The highest BCUT2D eigenvalue weighted by Crippen LogP contribution is 2.38. The van der Waals surface area contributed by atoms with Crippen molar-refractivity contribution in [2.45, 2.75) is 18.6 Å². The fourth-order valence-electron chi connectivity index (χ4n) is 2.82. The van der Waals surface area contributed by atoms with Crippen LogP contribution in [0.4, 0.5) is 0 Å². The standard InChI is InChI=1S/C17H16O3S/c1-11(21(20)10-17(18)19)12-6-7-16-14(8-12)9-13-4-2-3-5-15(13)16/h2-8,11H,9-10H2,1H3,(H,18,19). The van der Waals surface area contributed by atoms with Crippen LogP contribution in [0.5, 0.6) is 0 Å². The first-order valence-electron chi connectivity index (χ1n) is 6.86. The number of benzene rings is 2. The van der Waals surface area contributed by atoms with Crippen molar-refractivity contribution in [2.75, 3.05) is 5.75 Å². The number of hydrogen-bond acceptors (Lipinski definition) is 2. The maximum atomic E-state index is 12.0. The van der Waals surface area contributed by atoms with Gasteiger partial charge in [-0.3, -0.25) is 9.00 Å². The van der Waals surface area contributed by atoms with Crippen molar-refractivity contribution in [1.29, 1.82) is 0 Å². The molecule has 0 spiro atoms. The summed E-state index contributed by atoms with van der Waals surface area (Å²) in [5, 5.41) is 8.49. The second-order valence-corrected chi connectivity index (χ2v) is 7.07. The molecule has 3 rings (SSSR count). The van der Waals surface area contributed by atoms with E-state index in [4.69, 9.17) is 5.11 Å². The van der Waals surface area contributed by atoms with Crippen LogP contribution < -0.4 is 0 Å². The molecule has 0 fully saturated rings. The van der Waals surface area contributed by atoms with Gasteiger partial charge in [-0.1, -0.05) is 42.5 Å². The van der Waals surface area contributed by atoms with Gasteiger partial charge in [0.05, 0.1) is 5.25 Å². The Morgan fingerprint density at radius 2 is 1.90 bits per heavy atom. The van der Waals surface area contributed by atoms with Gasteiger partial charge in [-0.25, -0.2) is 0 Å². The molecular weight excluding hydrogens is 284 g/mol. The topological polar surface area (TPSA) is 54.4 Å². The maximum absolute atomic E-state index is 12.0. The molecule has 1 aliphatic rings. The SMILES string of the molecule is CC(c1ccc2c(c1)Cc1ccccc1-2)S(=O)CC(=O)O. The van der Waals surface area contributed by atoms with Gasteiger partial charge >= 0.3 is 5.97 Å². The molecule has 0 aromatic heterocycles. The van der Waals surface area contributed by atoms with Crippen LogP contribution in [0.15, 0.2) is 42.5 Å². The lowest BCUT2D eigenvalue weighted by atomic mass is 10.0. The lowest BCUT2D eigenvalue weighted by molar-refractivity contribution is -0.133. The predicted octanol–water partition coefficient (Wildman–Crippen LogP) is 3.15. The van der Waals surface area contributed by atoms with Gasteiger partial charge in [0.1, 0.15) is 5.75 Å². The molecule has 2 unspecified atom stereocenters. The monoisotopic (exact) mass is 300 g/mol. The number of aliphatic carboxylic acids is 1. The Balaban J connectivity index is 1.90. The van der Waals surface area contributed by atoms with Crippen molar-refractivity contribution in [1.82, 2.24) is 0 Å². The molecule has 3 nitrogen and oxygen atoms in total. The van der Waals surface area contributed by atoms with Crippen molar-refractivity contribution in [3.8, 4) is 11.1 Å². The third-order valence-electron chi connectivity index (χ3n) is 3.95. The molecule has 21 heavy (non-hydrogen) atoms. The lowest BCUT2D eigenvalue weighted by Gasteiger charge is -2.12. The summed E-state index contributed by atoms with van der Waals surface area (Å²) < 4.78 is 12.0. The average molecular weight is 300 g/mol. The molecule has 0 aliphatic heterocycles. The second kappa shape index (κ2) is 5.45. The average Bonchev–Trinajstić information content (AvgIpc) is 2.83. The van der Waals surface area contributed by atoms with Crippen molar-refractivity contribution < 1.29 is 14.1 Å². The minimum Gasteiger partial charge on any atom is -0.481 e. The molecule has 4 heteroatoms. The van der Waals surface area contributed by atoms with E-state index < -0.39 is 16.8 Å². The molecule has 0 saturated carbocycles. The van der Waals surface area contributed by atoms with E-state index in [9.17, 15) is 9.00 Å². The lowest BCUT2D eigenvalue weighted by Crippen LogP contribution is -2.14. The first-order chi connectivity index (χ1) is 10.1. The van der Waals surface area contributed by atoms with E-state index in [1.54, 1.807) is 0 Å². The highest BCUT2D eigenvalue weighted by Gasteiger charge is 2.21. The molecule has 0 heterocycles. The maximum Gasteiger partial charge on any atom is 0.316 e. The number of carboxylic acids is 1. The summed E-state index contributed by atoms with van der Waals surface area (Å²) in [6.07, 6.45) is 0.887. The third kappa shape index (κ3) is 2.63. The van der Waals surface area contributed by atoms with Crippen LogP contribution in [0.3, 0.4) is 0 Å². The van der Waals surface area contributed by atoms with Gasteiger partial charge in [-0.15, -0.1) is 0 Å². The molecule has 2 aromatic rings. The Hall–Kier alpha value is -1.94. The largest absolute Gasteiger partial charge is 0.481 e. The molecule has 2 atom stereocenters. The van der Waals surface area contributed by atoms with E-state index >= 15 is 0 Å². The van der Waals surface area contributed by atoms with Gasteiger partial charge < -0.3 is 5.11 Å². The van der Waals surface area contributed by atoms with Crippen LogP contribution in [0.2, 0.25) is 0 Å². The van der Waals surface area contributed by atoms with E-state index in [1.807, 2.05) is 25.1 Å². The van der Waals surface area contributed by atoms with Gasteiger partial charge in [0, 0.05) is 10.8 Å². The van der Waals surface area contributed by atoms with Crippen molar-refractivity contribution >= 4 is 16.8 Å². The molecule has 0 bridgehead atoms. The number of rotatable bonds is 4. The molecule has 1 aliphatic carbocycles. The molecule has 2 aromatic carbocycles. The van der Waals surface area contributed by atoms with Crippen LogP contribution >= 0.6 is 0 Å². The predicted molar refractivity (Wildman–Crippen MR) is 83.7 cm³/mol. The third-order valence-corrected chi connectivity index (χ3v) is 5.54. The van der Waals surface area contributed by atoms with E-state index in [0.717, 1.165) is 12.0 Å². The smallest absolute Gasteiger partial charge is 0.316 e. The highest BCUT2D eigenvalue weighted by molar-refractivity contribution is 7.85. The molecule has 0 amide bonds. The molecular formula is C17H16O3S. The zero-order valence-corrected chi connectivity index (χ0v) is 12.5.